The van der Waals surface area contributed by atoms with Crippen LogP contribution in [0.4, 0.5) is 0 Å². The zero-order valence-electron chi connectivity index (χ0n) is 13.5. The van der Waals surface area contributed by atoms with Crippen LogP contribution in [-0.2, 0) is 19.5 Å². The summed E-state index contributed by atoms with van der Waals surface area (Å²) in [5.74, 6) is 0. The maximum Gasteiger partial charge on any atom is 0.225 e. The van der Waals surface area contributed by atoms with Gasteiger partial charge in [-0.15, -0.1) is 0 Å². The van der Waals surface area contributed by atoms with Gasteiger partial charge in [-0.3, -0.25) is 0 Å². The molecule has 1 saturated heterocycles. The standard InChI is InChI=1S/C19H22O3S/c1-3-4-10-18-19(22-18,16-8-6-5-7-9-16)23(20,21)17-13-11-15(2)12-14-17/h5-9,11-14,18H,3-4,10H2,1-2H3/t18-,19-/m1/s1. The molecule has 0 N–H and O–H groups in total. The Bertz CT molecular complexity index is 766. The summed E-state index contributed by atoms with van der Waals surface area (Å²) in [4.78, 5) is -0.899. The minimum Gasteiger partial charge on any atom is -0.345 e. The number of ether oxygens (including phenoxy) is 1. The summed E-state index contributed by atoms with van der Waals surface area (Å²) in [5.41, 5.74) is 1.76. The Morgan fingerprint density at radius 3 is 2.30 bits per heavy atom. The van der Waals surface area contributed by atoms with Crippen molar-refractivity contribution in [3.05, 3.63) is 65.7 Å². The molecule has 0 aromatic heterocycles. The molecule has 0 spiro atoms. The van der Waals surface area contributed by atoms with E-state index in [1.165, 1.54) is 0 Å². The van der Waals surface area contributed by atoms with Gasteiger partial charge in [-0.1, -0.05) is 67.8 Å². The van der Waals surface area contributed by atoms with Gasteiger partial charge in [0.25, 0.3) is 0 Å². The first-order valence-corrected chi connectivity index (χ1v) is 9.55. The molecule has 0 amide bonds. The third kappa shape index (κ3) is 2.70. The second-order valence-electron chi connectivity index (χ2n) is 6.10. The van der Waals surface area contributed by atoms with E-state index in [1.54, 1.807) is 12.1 Å². The topological polar surface area (TPSA) is 46.7 Å². The number of hydrogen-bond acceptors (Lipinski definition) is 3. The number of benzene rings is 2. The van der Waals surface area contributed by atoms with Crippen molar-refractivity contribution in [3.63, 3.8) is 0 Å². The Hall–Kier alpha value is -1.65. The van der Waals surface area contributed by atoms with E-state index in [1.807, 2.05) is 49.4 Å². The molecule has 0 radical (unpaired) electrons. The van der Waals surface area contributed by atoms with Crippen LogP contribution in [0.15, 0.2) is 59.5 Å². The first-order valence-electron chi connectivity index (χ1n) is 8.07. The van der Waals surface area contributed by atoms with E-state index < -0.39 is 14.8 Å². The molecule has 1 fully saturated rings. The maximum atomic E-state index is 13.3. The summed E-state index contributed by atoms with van der Waals surface area (Å²) < 4.78 is 32.4. The van der Waals surface area contributed by atoms with Crippen molar-refractivity contribution in [1.29, 1.82) is 0 Å². The minimum atomic E-state index is -3.60. The van der Waals surface area contributed by atoms with Crippen molar-refractivity contribution in [1.82, 2.24) is 0 Å². The fourth-order valence-electron chi connectivity index (χ4n) is 3.02. The Balaban J connectivity index is 2.05. The van der Waals surface area contributed by atoms with Gasteiger partial charge in [0.15, 0.2) is 0 Å². The highest BCUT2D eigenvalue weighted by Gasteiger charge is 2.67. The highest BCUT2D eigenvalue weighted by molar-refractivity contribution is 7.92. The van der Waals surface area contributed by atoms with Gasteiger partial charge in [0, 0.05) is 5.56 Å². The normalized spacial score (nSPS) is 23.7. The van der Waals surface area contributed by atoms with E-state index in [0.29, 0.717) is 4.90 Å². The van der Waals surface area contributed by atoms with Crippen molar-refractivity contribution in [3.8, 4) is 0 Å². The van der Waals surface area contributed by atoms with E-state index in [2.05, 4.69) is 6.92 Å². The number of aryl methyl sites for hydroxylation is 1. The van der Waals surface area contributed by atoms with Crippen LogP contribution >= 0.6 is 0 Å². The second kappa shape index (κ2) is 6.10. The number of unbranched alkanes of at least 4 members (excludes halogenated alkanes) is 1. The highest BCUT2D eigenvalue weighted by Crippen LogP contribution is 2.55. The fraction of sp³-hybridized carbons (Fsp3) is 0.368. The van der Waals surface area contributed by atoms with E-state index in [4.69, 9.17) is 4.74 Å². The van der Waals surface area contributed by atoms with Gasteiger partial charge in [-0.2, -0.15) is 0 Å². The van der Waals surface area contributed by atoms with Crippen LogP contribution in [0.2, 0.25) is 0 Å². The Morgan fingerprint density at radius 1 is 1.04 bits per heavy atom. The lowest BCUT2D eigenvalue weighted by atomic mass is 10.1. The molecule has 122 valence electrons. The van der Waals surface area contributed by atoms with Crippen LogP contribution in [0, 0.1) is 6.92 Å². The van der Waals surface area contributed by atoms with Gasteiger partial charge in [-0.25, -0.2) is 8.42 Å². The van der Waals surface area contributed by atoms with Gasteiger partial charge in [-0.05, 0) is 25.5 Å². The van der Waals surface area contributed by atoms with Gasteiger partial charge in [0.1, 0.15) is 6.10 Å². The lowest BCUT2D eigenvalue weighted by Crippen LogP contribution is -2.25. The fourth-order valence-corrected chi connectivity index (χ4v) is 5.02. The summed E-state index contributed by atoms with van der Waals surface area (Å²) in [7, 11) is -3.60. The van der Waals surface area contributed by atoms with Crippen molar-refractivity contribution in [2.24, 2.45) is 0 Å². The van der Waals surface area contributed by atoms with Gasteiger partial charge >= 0.3 is 0 Å². The summed E-state index contributed by atoms with van der Waals surface area (Å²) in [6, 6.07) is 16.3. The average molecular weight is 330 g/mol. The van der Waals surface area contributed by atoms with Crippen molar-refractivity contribution in [2.45, 2.75) is 49.0 Å². The first-order chi connectivity index (χ1) is 11.0. The Kier molecular flexibility index (Phi) is 4.30. The first kappa shape index (κ1) is 16.2. The molecule has 1 aliphatic rings. The van der Waals surface area contributed by atoms with Crippen molar-refractivity contribution >= 4 is 9.84 Å². The predicted molar refractivity (Wildman–Crippen MR) is 90.9 cm³/mol. The minimum absolute atomic E-state index is 0.267. The monoisotopic (exact) mass is 330 g/mol. The Labute approximate surface area is 138 Å². The van der Waals surface area contributed by atoms with E-state index in [-0.39, 0.29) is 6.10 Å². The van der Waals surface area contributed by atoms with E-state index in [9.17, 15) is 8.42 Å². The molecule has 2 atom stereocenters. The maximum absolute atomic E-state index is 13.3. The molecule has 1 aliphatic heterocycles. The predicted octanol–water partition coefficient (Wildman–Crippen LogP) is 4.21. The van der Waals surface area contributed by atoms with E-state index >= 15 is 0 Å². The van der Waals surface area contributed by atoms with E-state index in [0.717, 1.165) is 30.4 Å². The molecule has 3 nitrogen and oxygen atoms in total. The largest absolute Gasteiger partial charge is 0.345 e. The number of epoxide rings is 1. The lowest BCUT2D eigenvalue weighted by molar-refractivity contribution is 0.339. The molecule has 4 heteroatoms. The second-order valence-corrected chi connectivity index (χ2v) is 8.18. The lowest BCUT2D eigenvalue weighted by Gasteiger charge is -2.15. The molecule has 0 unspecified atom stereocenters. The van der Waals surface area contributed by atoms with Crippen LogP contribution in [0.3, 0.4) is 0 Å². The zero-order valence-corrected chi connectivity index (χ0v) is 14.3. The van der Waals surface area contributed by atoms with Crippen LogP contribution in [0.1, 0.15) is 37.3 Å². The number of rotatable bonds is 6. The summed E-state index contributed by atoms with van der Waals surface area (Å²) in [5, 5.41) is 0. The molecule has 0 bridgehead atoms. The summed E-state index contributed by atoms with van der Waals surface area (Å²) in [6.07, 6.45) is 2.48. The van der Waals surface area contributed by atoms with Gasteiger partial charge < -0.3 is 4.74 Å². The van der Waals surface area contributed by atoms with Crippen LogP contribution in [-0.4, -0.2) is 14.5 Å². The molecule has 23 heavy (non-hydrogen) atoms. The SMILES string of the molecule is CCCC[C@H]1O[C@]1(c1ccccc1)S(=O)(=O)c1ccc(C)cc1. The third-order valence-corrected chi connectivity index (χ3v) is 6.70. The highest BCUT2D eigenvalue weighted by atomic mass is 32.2. The molecule has 2 aromatic carbocycles. The molecular formula is C19H22O3S. The number of hydrogen-bond donors (Lipinski definition) is 0. The molecule has 1 heterocycles. The smallest absolute Gasteiger partial charge is 0.225 e. The van der Waals surface area contributed by atoms with Crippen LogP contribution in [0.25, 0.3) is 0 Å². The summed E-state index contributed by atoms with van der Waals surface area (Å²) in [6.45, 7) is 4.04. The third-order valence-electron chi connectivity index (χ3n) is 4.41. The summed E-state index contributed by atoms with van der Waals surface area (Å²) >= 11 is 0. The van der Waals surface area contributed by atoms with Crippen LogP contribution in [0.5, 0.6) is 0 Å². The quantitative estimate of drug-likeness (QED) is 0.745. The molecular weight excluding hydrogens is 308 g/mol. The molecule has 3 rings (SSSR count). The Morgan fingerprint density at radius 2 is 1.70 bits per heavy atom. The van der Waals surface area contributed by atoms with Crippen molar-refractivity contribution < 1.29 is 13.2 Å². The van der Waals surface area contributed by atoms with Gasteiger partial charge in [0.05, 0.1) is 4.90 Å². The number of sulfone groups is 1. The molecule has 2 aromatic rings. The molecule has 0 aliphatic carbocycles. The van der Waals surface area contributed by atoms with Gasteiger partial charge in [0.2, 0.25) is 14.8 Å². The van der Waals surface area contributed by atoms with Crippen molar-refractivity contribution in [2.75, 3.05) is 0 Å². The zero-order chi connectivity index (χ0) is 16.5. The average Bonchev–Trinajstić information content (AvgIpc) is 3.30. The van der Waals surface area contributed by atoms with Crippen LogP contribution < -0.4 is 0 Å². The molecule has 0 saturated carbocycles.